The number of hydrogen-bond donors (Lipinski definition) is 1. The molecule has 2 heterocycles. The lowest BCUT2D eigenvalue weighted by molar-refractivity contribution is 0.100. The molecule has 6 heteroatoms. The number of benzene rings is 2. The second-order valence-electron chi connectivity index (χ2n) is 5.18. The summed E-state index contributed by atoms with van der Waals surface area (Å²) in [6, 6.07) is 9.57. The number of carbonyl (C=O) groups excluding carboxylic acids is 1. The van der Waals surface area contributed by atoms with Gasteiger partial charge in [0.05, 0.1) is 17.4 Å². The van der Waals surface area contributed by atoms with Gasteiger partial charge in [-0.15, -0.1) is 0 Å². The first kappa shape index (κ1) is 13.4. The lowest BCUT2D eigenvalue weighted by Gasteiger charge is -2.08. The summed E-state index contributed by atoms with van der Waals surface area (Å²) in [5.74, 6) is -0.824. The fourth-order valence-electron chi connectivity index (χ4n) is 2.77. The van der Waals surface area contributed by atoms with Crippen LogP contribution in [-0.4, -0.2) is 20.7 Å². The van der Waals surface area contributed by atoms with Crippen molar-refractivity contribution in [3.63, 3.8) is 0 Å². The van der Waals surface area contributed by atoms with Gasteiger partial charge >= 0.3 is 0 Å². The van der Waals surface area contributed by atoms with Crippen LogP contribution < -0.4 is 5.73 Å². The Hall–Kier alpha value is -3.28. The minimum Gasteiger partial charge on any atom is -0.366 e. The highest BCUT2D eigenvalue weighted by molar-refractivity contribution is 6.15. The molecule has 4 aromatic rings. The van der Waals surface area contributed by atoms with Gasteiger partial charge in [-0.3, -0.25) is 9.78 Å². The van der Waals surface area contributed by atoms with E-state index in [9.17, 15) is 9.18 Å². The molecule has 0 saturated heterocycles. The van der Waals surface area contributed by atoms with Crippen molar-refractivity contribution in [3.05, 3.63) is 66.4 Å². The van der Waals surface area contributed by atoms with E-state index in [2.05, 4.69) is 10.1 Å². The number of primary amides is 1. The number of nitrogens with two attached hydrogens (primary N) is 1. The van der Waals surface area contributed by atoms with E-state index in [4.69, 9.17) is 5.73 Å². The van der Waals surface area contributed by atoms with Gasteiger partial charge in [-0.2, -0.15) is 5.10 Å². The standard InChI is InChI=1S/C17H11FN4O/c18-11-1-3-12(4-2-11)22-16-10(8-21-22)7-14(17(19)23)15-9-20-6-5-13(15)16/h1-9H,(H2,19,23). The maximum Gasteiger partial charge on any atom is 0.249 e. The van der Waals surface area contributed by atoms with Gasteiger partial charge in [0.2, 0.25) is 5.91 Å². The molecule has 0 unspecified atom stereocenters. The number of pyridine rings is 1. The molecule has 2 aromatic carbocycles. The average Bonchev–Trinajstić information content (AvgIpc) is 2.99. The molecule has 2 N–H and O–H groups in total. The van der Waals surface area contributed by atoms with Gasteiger partial charge in [0, 0.05) is 34.1 Å². The van der Waals surface area contributed by atoms with Crippen molar-refractivity contribution in [2.24, 2.45) is 5.73 Å². The van der Waals surface area contributed by atoms with Crippen LogP contribution in [0.15, 0.2) is 55.0 Å². The van der Waals surface area contributed by atoms with Crippen molar-refractivity contribution >= 4 is 27.6 Å². The minimum absolute atomic E-state index is 0.310. The molecule has 0 aliphatic heterocycles. The van der Waals surface area contributed by atoms with Gasteiger partial charge in [0.15, 0.2) is 0 Å². The molecule has 1 amide bonds. The number of hydrogen-bond acceptors (Lipinski definition) is 3. The molecule has 0 spiro atoms. The summed E-state index contributed by atoms with van der Waals surface area (Å²) in [6.07, 6.45) is 4.91. The molecule has 23 heavy (non-hydrogen) atoms. The first-order valence-electron chi connectivity index (χ1n) is 6.95. The Labute approximate surface area is 130 Å². The van der Waals surface area contributed by atoms with Crippen LogP contribution in [0.4, 0.5) is 4.39 Å². The number of amides is 1. The maximum absolute atomic E-state index is 13.1. The topological polar surface area (TPSA) is 73.8 Å². The summed E-state index contributed by atoms with van der Waals surface area (Å²) >= 11 is 0. The second-order valence-corrected chi connectivity index (χ2v) is 5.18. The third-order valence-electron chi connectivity index (χ3n) is 3.80. The minimum atomic E-state index is -0.514. The third-order valence-corrected chi connectivity index (χ3v) is 3.80. The number of rotatable bonds is 2. The van der Waals surface area contributed by atoms with Crippen molar-refractivity contribution in [2.75, 3.05) is 0 Å². The van der Waals surface area contributed by atoms with E-state index in [0.717, 1.165) is 22.0 Å². The van der Waals surface area contributed by atoms with Crippen LogP contribution in [0.3, 0.4) is 0 Å². The lowest BCUT2D eigenvalue weighted by Crippen LogP contribution is -2.11. The summed E-state index contributed by atoms with van der Waals surface area (Å²) in [5.41, 5.74) is 7.42. The maximum atomic E-state index is 13.1. The van der Waals surface area contributed by atoms with E-state index in [1.165, 1.54) is 12.1 Å². The Morgan fingerprint density at radius 1 is 1.09 bits per heavy atom. The van der Waals surface area contributed by atoms with Crippen molar-refractivity contribution in [3.8, 4) is 5.69 Å². The molecule has 5 nitrogen and oxygen atoms in total. The van der Waals surface area contributed by atoms with E-state index >= 15 is 0 Å². The Bertz CT molecular complexity index is 1050. The fraction of sp³-hybridized carbons (Fsp3) is 0. The molecule has 0 aliphatic carbocycles. The molecule has 0 atom stereocenters. The number of carbonyl (C=O) groups is 1. The summed E-state index contributed by atoms with van der Waals surface area (Å²) in [7, 11) is 0. The fourth-order valence-corrected chi connectivity index (χ4v) is 2.77. The monoisotopic (exact) mass is 306 g/mol. The normalized spacial score (nSPS) is 11.2. The lowest BCUT2D eigenvalue weighted by atomic mass is 10.0. The molecule has 0 bridgehead atoms. The summed E-state index contributed by atoms with van der Waals surface area (Å²) in [5, 5.41) is 6.62. The highest BCUT2D eigenvalue weighted by Crippen LogP contribution is 2.29. The molecule has 0 aliphatic rings. The number of aromatic nitrogens is 3. The molecule has 0 saturated carbocycles. The average molecular weight is 306 g/mol. The van der Waals surface area contributed by atoms with E-state index in [1.807, 2.05) is 6.07 Å². The number of halogens is 1. The Balaban J connectivity index is 2.11. The van der Waals surface area contributed by atoms with Crippen LogP contribution in [0.2, 0.25) is 0 Å². The largest absolute Gasteiger partial charge is 0.366 e. The Morgan fingerprint density at radius 2 is 1.87 bits per heavy atom. The van der Waals surface area contributed by atoms with Crippen molar-refractivity contribution < 1.29 is 9.18 Å². The first-order chi connectivity index (χ1) is 11.1. The summed E-state index contributed by atoms with van der Waals surface area (Å²) < 4.78 is 14.9. The van der Waals surface area contributed by atoms with E-state index in [-0.39, 0.29) is 5.82 Å². The second kappa shape index (κ2) is 4.88. The van der Waals surface area contributed by atoms with Gasteiger partial charge in [-0.1, -0.05) is 0 Å². The number of nitrogens with zero attached hydrogens (tertiary/aromatic N) is 3. The smallest absolute Gasteiger partial charge is 0.249 e. The van der Waals surface area contributed by atoms with Crippen LogP contribution in [-0.2, 0) is 0 Å². The Kier molecular flexibility index (Phi) is 2.84. The predicted octanol–water partition coefficient (Wildman–Crippen LogP) is 2.81. The van der Waals surface area contributed by atoms with E-state index < -0.39 is 5.91 Å². The molecule has 4 rings (SSSR count). The van der Waals surface area contributed by atoms with Crippen LogP contribution in [0, 0.1) is 5.82 Å². The first-order valence-corrected chi connectivity index (χ1v) is 6.95. The van der Waals surface area contributed by atoms with Crippen molar-refractivity contribution in [1.82, 2.24) is 14.8 Å². The molecule has 2 aromatic heterocycles. The molecule has 0 radical (unpaired) electrons. The van der Waals surface area contributed by atoms with Crippen LogP contribution >= 0.6 is 0 Å². The zero-order valence-corrected chi connectivity index (χ0v) is 11.9. The van der Waals surface area contributed by atoms with Gasteiger partial charge in [-0.05, 0) is 36.4 Å². The predicted molar refractivity (Wildman–Crippen MR) is 84.8 cm³/mol. The number of fused-ring (bicyclic) bond motifs is 3. The quantitative estimate of drug-likeness (QED) is 0.619. The van der Waals surface area contributed by atoms with Gasteiger partial charge in [0.25, 0.3) is 0 Å². The zero-order valence-electron chi connectivity index (χ0n) is 11.9. The van der Waals surface area contributed by atoms with Crippen molar-refractivity contribution in [2.45, 2.75) is 0 Å². The summed E-state index contributed by atoms with van der Waals surface area (Å²) in [6.45, 7) is 0. The molecular weight excluding hydrogens is 295 g/mol. The Morgan fingerprint density at radius 3 is 2.61 bits per heavy atom. The van der Waals surface area contributed by atoms with E-state index in [1.54, 1.807) is 41.5 Å². The summed E-state index contributed by atoms with van der Waals surface area (Å²) in [4.78, 5) is 15.8. The molecular formula is C17H11FN4O. The highest BCUT2D eigenvalue weighted by atomic mass is 19.1. The van der Waals surface area contributed by atoms with Crippen LogP contribution in [0.25, 0.3) is 27.4 Å². The molecule has 112 valence electrons. The SMILES string of the molecule is NC(=O)c1cc2cnn(-c3ccc(F)cc3)c2c2ccncc12. The highest BCUT2D eigenvalue weighted by Gasteiger charge is 2.15. The molecule has 0 fully saturated rings. The van der Waals surface area contributed by atoms with Gasteiger partial charge < -0.3 is 5.73 Å². The zero-order chi connectivity index (χ0) is 16.0. The van der Waals surface area contributed by atoms with Gasteiger partial charge in [-0.25, -0.2) is 9.07 Å². The van der Waals surface area contributed by atoms with Gasteiger partial charge in [0.1, 0.15) is 5.82 Å². The van der Waals surface area contributed by atoms with E-state index in [0.29, 0.717) is 10.9 Å². The third kappa shape index (κ3) is 2.03. The van der Waals surface area contributed by atoms with Crippen LogP contribution in [0.1, 0.15) is 10.4 Å². The van der Waals surface area contributed by atoms with Crippen molar-refractivity contribution in [1.29, 1.82) is 0 Å². The van der Waals surface area contributed by atoms with Crippen LogP contribution in [0.5, 0.6) is 0 Å².